The van der Waals surface area contributed by atoms with Crippen molar-refractivity contribution in [3.05, 3.63) is 101 Å². The van der Waals surface area contributed by atoms with Crippen LogP contribution < -0.4 is 10.1 Å². The first kappa shape index (κ1) is 24.1. The van der Waals surface area contributed by atoms with Crippen LogP contribution in [0.25, 0.3) is 10.9 Å². The highest BCUT2D eigenvalue weighted by molar-refractivity contribution is 6.02. The average molecular weight is 482 g/mol. The molecule has 2 heterocycles. The van der Waals surface area contributed by atoms with Crippen LogP contribution in [0.3, 0.4) is 0 Å². The standard InChI is InChI=1S/C31H35N3O2/c1-22(2)32-31(35)30-29(26-12-6-7-13-27(26)33-30)28(23-10-4-3-5-11-23)24-14-16-25(17-15-24)36-21-20-34-18-8-9-19-34/h3-7,10-17,22,28,33H,8-9,18-21H2,1-2H3,(H,32,35). The summed E-state index contributed by atoms with van der Waals surface area (Å²) in [5.74, 6) is 0.689. The van der Waals surface area contributed by atoms with E-state index in [9.17, 15) is 4.79 Å². The molecule has 1 aliphatic rings. The maximum Gasteiger partial charge on any atom is 0.268 e. The summed E-state index contributed by atoms with van der Waals surface area (Å²) in [4.78, 5) is 19.2. The molecule has 5 heteroatoms. The van der Waals surface area contributed by atoms with E-state index in [4.69, 9.17) is 4.74 Å². The average Bonchev–Trinajstić information content (AvgIpc) is 3.54. The van der Waals surface area contributed by atoms with E-state index in [1.807, 2.05) is 38.1 Å². The zero-order valence-electron chi connectivity index (χ0n) is 21.2. The molecule has 5 rings (SSSR count). The molecule has 1 amide bonds. The van der Waals surface area contributed by atoms with Crippen molar-refractivity contribution in [2.45, 2.75) is 38.6 Å². The Labute approximate surface area is 213 Å². The Hall–Kier alpha value is -3.57. The van der Waals surface area contributed by atoms with Gasteiger partial charge in [0.1, 0.15) is 18.1 Å². The van der Waals surface area contributed by atoms with Crippen molar-refractivity contribution in [3.63, 3.8) is 0 Å². The van der Waals surface area contributed by atoms with Gasteiger partial charge < -0.3 is 15.0 Å². The van der Waals surface area contributed by atoms with Gasteiger partial charge in [0.15, 0.2) is 0 Å². The van der Waals surface area contributed by atoms with E-state index in [1.165, 1.54) is 25.9 Å². The van der Waals surface area contributed by atoms with Gasteiger partial charge in [0.25, 0.3) is 5.91 Å². The zero-order valence-corrected chi connectivity index (χ0v) is 21.2. The molecule has 2 N–H and O–H groups in total. The van der Waals surface area contributed by atoms with Crippen molar-refractivity contribution < 1.29 is 9.53 Å². The molecule has 5 nitrogen and oxygen atoms in total. The topological polar surface area (TPSA) is 57.4 Å². The number of ether oxygens (including phenoxy) is 1. The number of carbonyl (C=O) groups excluding carboxylic acids is 1. The molecule has 0 spiro atoms. The summed E-state index contributed by atoms with van der Waals surface area (Å²) in [5.41, 5.74) is 4.84. The van der Waals surface area contributed by atoms with Gasteiger partial charge in [0.2, 0.25) is 0 Å². The fourth-order valence-corrected chi connectivity index (χ4v) is 5.20. The number of hydrogen-bond donors (Lipinski definition) is 2. The number of aromatic amines is 1. The molecular weight excluding hydrogens is 446 g/mol. The van der Waals surface area contributed by atoms with Crippen LogP contribution in [-0.4, -0.2) is 48.1 Å². The summed E-state index contributed by atoms with van der Waals surface area (Å²) in [7, 11) is 0. The van der Waals surface area contributed by atoms with Crippen LogP contribution in [0.2, 0.25) is 0 Å². The Balaban J connectivity index is 1.51. The van der Waals surface area contributed by atoms with Gasteiger partial charge in [-0.15, -0.1) is 0 Å². The number of carbonyl (C=O) groups is 1. The summed E-state index contributed by atoms with van der Waals surface area (Å²) in [6, 6.07) is 27.0. The fourth-order valence-electron chi connectivity index (χ4n) is 5.20. The number of likely N-dealkylation sites (tertiary alicyclic amines) is 1. The number of nitrogens with zero attached hydrogens (tertiary/aromatic N) is 1. The summed E-state index contributed by atoms with van der Waals surface area (Å²) in [5, 5.41) is 4.14. The molecule has 1 fully saturated rings. The van der Waals surface area contributed by atoms with Gasteiger partial charge in [-0.3, -0.25) is 9.69 Å². The van der Waals surface area contributed by atoms with Crippen LogP contribution in [-0.2, 0) is 0 Å². The predicted molar refractivity (Wildman–Crippen MR) is 146 cm³/mol. The number of fused-ring (bicyclic) bond motifs is 1. The first-order chi connectivity index (χ1) is 17.6. The number of rotatable bonds is 9. The molecule has 1 saturated heterocycles. The quantitative estimate of drug-likeness (QED) is 0.310. The molecule has 0 bridgehead atoms. The zero-order chi connectivity index (χ0) is 24.9. The largest absolute Gasteiger partial charge is 0.492 e. The molecule has 36 heavy (non-hydrogen) atoms. The van der Waals surface area contributed by atoms with E-state index < -0.39 is 0 Å². The van der Waals surface area contributed by atoms with Crippen LogP contribution in [0.5, 0.6) is 5.75 Å². The van der Waals surface area contributed by atoms with Crippen molar-refractivity contribution in [1.82, 2.24) is 15.2 Å². The van der Waals surface area contributed by atoms with E-state index in [-0.39, 0.29) is 17.9 Å². The van der Waals surface area contributed by atoms with E-state index >= 15 is 0 Å². The van der Waals surface area contributed by atoms with E-state index in [0.29, 0.717) is 12.3 Å². The van der Waals surface area contributed by atoms with Gasteiger partial charge in [-0.2, -0.15) is 0 Å². The molecule has 0 aliphatic carbocycles. The number of H-pyrrole nitrogens is 1. The lowest BCUT2D eigenvalue weighted by atomic mass is 9.83. The van der Waals surface area contributed by atoms with Crippen LogP contribution >= 0.6 is 0 Å². The number of amides is 1. The molecule has 0 radical (unpaired) electrons. The molecule has 186 valence electrons. The third-order valence-electron chi connectivity index (χ3n) is 6.90. The number of aromatic nitrogens is 1. The van der Waals surface area contributed by atoms with Gasteiger partial charge >= 0.3 is 0 Å². The molecular formula is C31H35N3O2. The molecule has 1 aromatic heterocycles. The molecule has 1 unspecified atom stereocenters. The maximum atomic E-state index is 13.3. The number of hydrogen-bond acceptors (Lipinski definition) is 3. The third kappa shape index (κ3) is 5.31. The minimum Gasteiger partial charge on any atom is -0.492 e. The van der Waals surface area contributed by atoms with Crippen LogP contribution in [0.4, 0.5) is 0 Å². The van der Waals surface area contributed by atoms with Gasteiger partial charge in [0.05, 0.1) is 0 Å². The Kier molecular flexibility index (Phi) is 7.38. The minimum atomic E-state index is -0.103. The number of nitrogens with one attached hydrogen (secondary N) is 2. The van der Waals surface area contributed by atoms with Gasteiger partial charge in [-0.25, -0.2) is 0 Å². The third-order valence-corrected chi connectivity index (χ3v) is 6.90. The highest BCUT2D eigenvalue weighted by Gasteiger charge is 2.27. The SMILES string of the molecule is CC(C)NC(=O)c1[nH]c2ccccc2c1C(c1ccccc1)c1ccc(OCCN2CCCC2)cc1. The Bertz CT molecular complexity index is 1290. The van der Waals surface area contributed by atoms with E-state index in [2.05, 4.69) is 69.8 Å². The molecule has 3 aromatic carbocycles. The second kappa shape index (κ2) is 11.0. The fraction of sp³-hybridized carbons (Fsp3) is 0.323. The first-order valence-electron chi connectivity index (χ1n) is 13.0. The molecule has 1 atom stereocenters. The lowest BCUT2D eigenvalue weighted by molar-refractivity contribution is 0.0938. The van der Waals surface area contributed by atoms with Crippen molar-refractivity contribution >= 4 is 16.8 Å². The summed E-state index contributed by atoms with van der Waals surface area (Å²) >= 11 is 0. The molecule has 0 saturated carbocycles. The lowest BCUT2D eigenvalue weighted by Gasteiger charge is -2.21. The summed E-state index contributed by atoms with van der Waals surface area (Å²) < 4.78 is 6.06. The van der Waals surface area contributed by atoms with Crippen molar-refractivity contribution in [3.8, 4) is 5.75 Å². The molecule has 1 aliphatic heterocycles. The predicted octanol–water partition coefficient (Wildman–Crippen LogP) is 5.96. The van der Waals surface area contributed by atoms with E-state index in [0.717, 1.165) is 39.9 Å². The number of para-hydroxylation sites is 1. The normalized spacial score (nSPS) is 14.9. The van der Waals surface area contributed by atoms with Crippen molar-refractivity contribution in [2.75, 3.05) is 26.2 Å². The first-order valence-corrected chi connectivity index (χ1v) is 13.0. The van der Waals surface area contributed by atoms with Crippen LogP contribution in [0.15, 0.2) is 78.9 Å². The highest BCUT2D eigenvalue weighted by Crippen LogP contribution is 2.39. The van der Waals surface area contributed by atoms with Crippen molar-refractivity contribution in [2.24, 2.45) is 0 Å². The number of benzene rings is 3. The lowest BCUT2D eigenvalue weighted by Crippen LogP contribution is -2.31. The van der Waals surface area contributed by atoms with Crippen LogP contribution in [0.1, 0.15) is 59.8 Å². The summed E-state index contributed by atoms with van der Waals surface area (Å²) in [6.07, 6.45) is 2.58. The minimum absolute atomic E-state index is 0.0453. The maximum absolute atomic E-state index is 13.3. The van der Waals surface area contributed by atoms with Gasteiger partial charge in [0, 0.05) is 35.0 Å². The Morgan fingerprint density at radius 1 is 0.917 bits per heavy atom. The summed E-state index contributed by atoms with van der Waals surface area (Å²) in [6.45, 7) is 7.99. The Morgan fingerprint density at radius 3 is 2.31 bits per heavy atom. The molecule has 4 aromatic rings. The smallest absolute Gasteiger partial charge is 0.268 e. The van der Waals surface area contributed by atoms with Gasteiger partial charge in [-0.1, -0.05) is 60.7 Å². The Morgan fingerprint density at radius 2 is 1.58 bits per heavy atom. The van der Waals surface area contributed by atoms with E-state index in [1.54, 1.807) is 0 Å². The van der Waals surface area contributed by atoms with Crippen LogP contribution in [0, 0.1) is 0 Å². The highest BCUT2D eigenvalue weighted by atomic mass is 16.5. The van der Waals surface area contributed by atoms with Crippen molar-refractivity contribution in [1.29, 1.82) is 0 Å². The second-order valence-corrected chi connectivity index (χ2v) is 9.90. The van der Waals surface area contributed by atoms with Gasteiger partial charge in [-0.05, 0) is 69.1 Å². The second-order valence-electron chi connectivity index (χ2n) is 9.90. The monoisotopic (exact) mass is 481 g/mol.